The van der Waals surface area contributed by atoms with E-state index >= 15 is 0 Å². The highest BCUT2D eigenvalue weighted by Crippen LogP contribution is 2.22. The number of hydrogen-bond acceptors (Lipinski definition) is 2. The molecule has 2 aromatic heterocycles. The van der Waals surface area contributed by atoms with Crippen molar-refractivity contribution < 1.29 is 4.74 Å². The van der Waals surface area contributed by atoms with Crippen LogP contribution < -0.4 is 4.74 Å². The molecule has 0 fully saturated rings. The standard InChI is InChI=1S/C14H11IN2O/c1-18-12-6-7-17-9-13(16-14(17)8-12)10-2-4-11(15)5-3-10/h2-9H,1H3. The molecule has 0 radical (unpaired) electrons. The minimum atomic E-state index is 0.822. The largest absolute Gasteiger partial charge is 0.497 e. The van der Waals surface area contributed by atoms with Crippen LogP contribution in [-0.2, 0) is 0 Å². The second kappa shape index (κ2) is 4.61. The molecule has 0 unspecified atom stereocenters. The molecular formula is C14H11IN2O. The van der Waals surface area contributed by atoms with Gasteiger partial charge in [0.15, 0.2) is 0 Å². The van der Waals surface area contributed by atoms with Gasteiger partial charge in [-0.25, -0.2) is 4.98 Å². The number of ether oxygens (including phenoxy) is 1. The number of rotatable bonds is 2. The zero-order chi connectivity index (χ0) is 12.5. The van der Waals surface area contributed by atoms with Gasteiger partial charge < -0.3 is 9.14 Å². The first kappa shape index (κ1) is 11.5. The third kappa shape index (κ3) is 2.08. The molecule has 0 aliphatic rings. The molecule has 0 spiro atoms. The SMILES string of the molecule is COc1ccn2cc(-c3ccc(I)cc3)nc2c1. The van der Waals surface area contributed by atoms with Gasteiger partial charge in [0.1, 0.15) is 11.4 Å². The fraction of sp³-hybridized carbons (Fsp3) is 0.0714. The smallest absolute Gasteiger partial charge is 0.141 e. The van der Waals surface area contributed by atoms with Gasteiger partial charge in [0, 0.05) is 27.6 Å². The minimum absolute atomic E-state index is 0.822. The average molecular weight is 350 g/mol. The summed E-state index contributed by atoms with van der Waals surface area (Å²) in [6.07, 6.45) is 3.98. The molecule has 0 bridgehead atoms. The Bertz CT molecular complexity index is 689. The highest BCUT2D eigenvalue weighted by molar-refractivity contribution is 14.1. The normalized spacial score (nSPS) is 10.8. The predicted molar refractivity (Wildman–Crippen MR) is 79.9 cm³/mol. The first-order chi connectivity index (χ1) is 8.76. The zero-order valence-electron chi connectivity index (χ0n) is 9.80. The third-order valence-electron chi connectivity index (χ3n) is 2.81. The molecule has 0 aliphatic carbocycles. The Hall–Kier alpha value is -1.56. The Balaban J connectivity index is 2.10. The molecule has 18 heavy (non-hydrogen) atoms. The Morgan fingerprint density at radius 1 is 1.17 bits per heavy atom. The van der Waals surface area contributed by atoms with Crippen LogP contribution in [0.3, 0.4) is 0 Å². The molecule has 3 nitrogen and oxygen atoms in total. The topological polar surface area (TPSA) is 26.5 Å². The summed E-state index contributed by atoms with van der Waals surface area (Å²) >= 11 is 2.30. The lowest BCUT2D eigenvalue weighted by Crippen LogP contribution is -1.86. The number of nitrogens with zero attached hydrogens (tertiary/aromatic N) is 2. The molecule has 0 saturated heterocycles. The Labute approximate surface area is 119 Å². The quantitative estimate of drug-likeness (QED) is 0.660. The summed E-state index contributed by atoms with van der Waals surface area (Å²) in [5.41, 5.74) is 2.99. The Morgan fingerprint density at radius 3 is 2.67 bits per heavy atom. The van der Waals surface area contributed by atoms with Gasteiger partial charge in [-0.3, -0.25) is 0 Å². The van der Waals surface area contributed by atoms with Gasteiger partial charge in [0.25, 0.3) is 0 Å². The highest BCUT2D eigenvalue weighted by atomic mass is 127. The van der Waals surface area contributed by atoms with E-state index in [0.29, 0.717) is 0 Å². The molecular weight excluding hydrogens is 339 g/mol. The summed E-state index contributed by atoms with van der Waals surface area (Å²) in [6.45, 7) is 0. The number of pyridine rings is 1. The second-order valence-corrected chi connectivity index (χ2v) is 5.21. The average Bonchev–Trinajstić information content (AvgIpc) is 2.82. The van der Waals surface area contributed by atoms with Gasteiger partial charge in [-0.1, -0.05) is 12.1 Å². The third-order valence-corrected chi connectivity index (χ3v) is 3.53. The molecule has 0 saturated carbocycles. The van der Waals surface area contributed by atoms with Crippen LogP contribution in [0, 0.1) is 3.57 Å². The van der Waals surface area contributed by atoms with E-state index in [1.165, 1.54) is 3.57 Å². The van der Waals surface area contributed by atoms with Crippen molar-refractivity contribution in [2.45, 2.75) is 0 Å². The molecule has 3 rings (SSSR count). The lowest BCUT2D eigenvalue weighted by atomic mass is 10.2. The number of imidazole rings is 1. The first-order valence-electron chi connectivity index (χ1n) is 5.55. The summed E-state index contributed by atoms with van der Waals surface area (Å²) in [7, 11) is 1.66. The van der Waals surface area contributed by atoms with Crippen molar-refractivity contribution in [1.82, 2.24) is 9.38 Å². The van der Waals surface area contributed by atoms with Gasteiger partial charge in [-0.05, 0) is 40.8 Å². The van der Waals surface area contributed by atoms with Crippen molar-refractivity contribution in [3.8, 4) is 17.0 Å². The Morgan fingerprint density at radius 2 is 1.94 bits per heavy atom. The molecule has 0 aliphatic heterocycles. The van der Waals surface area contributed by atoms with E-state index in [9.17, 15) is 0 Å². The molecule has 0 atom stereocenters. The van der Waals surface area contributed by atoms with Gasteiger partial charge >= 0.3 is 0 Å². The van der Waals surface area contributed by atoms with Crippen LogP contribution in [0.2, 0.25) is 0 Å². The molecule has 2 heterocycles. The number of benzene rings is 1. The van der Waals surface area contributed by atoms with E-state index in [2.05, 4.69) is 51.8 Å². The molecule has 4 heteroatoms. The first-order valence-corrected chi connectivity index (χ1v) is 6.63. The summed E-state index contributed by atoms with van der Waals surface area (Å²) in [5.74, 6) is 0.822. The summed E-state index contributed by atoms with van der Waals surface area (Å²) in [5, 5.41) is 0. The van der Waals surface area contributed by atoms with Gasteiger partial charge in [-0.2, -0.15) is 0 Å². The fourth-order valence-electron chi connectivity index (χ4n) is 1.85. The lowest BCUT2D eigenvalue weighted by molar-refractivity contribution is 0.414. The number of halogens is 1. The zero-order valence-corrected chi connectivity index (χ0v) is 12.0. The number of aromatic nitrogens is 2. The van der Waals surface area contributed by atoms with Crippen molar-refractivity contribution in [2.24, 2.45) is 0 Å². The monoisotopic (exact) mass is 350 g/mol. The second-order valence-electron chi connectivity index (χ2n) is 3.97. The fourth-order valence-corrected chi connectivity index (χ4v) is 2.21. The van der Waals surface area contributed by atoms with Crippen LogP contribution in [0.5, 0.6) is 5.75 Å². The van der Waals surface area contributed by atoms with Gasteiger partial charge in [0.2, 0.25) is 0 Å². The van der Waals surface area contributed by atoms with Crippen LogP contribution in [0.15, 0.2) is 48.8 Å². The van der Waals surface area contributed by atoms with E-state index in [-0.39, 0.29) is 0 Å². The van der Waals surface area contributed by atoms with Crippen molar-refractivity contribution in [3.05, 3.63) is 52.4 Å². The van der Waals surface area contributed by atoms with Gasteiger partial charge in [0.05, 0.1) is 12.8 Å². The molecule has 90 valence electrons. The number of methoxy groups -OCH3 is 1. The minimum Gasteiger partial charge on any atom is -0.497 e. The van der Waals surface area contributed by atoms with E-state index in [1.54, 1.807) is 7.11 Å². The molecule has 0 N–H and O–H groups in total. The van der Waals surface area contributed by atoms with E-state index in [4.69, 9.17) is 4.74 Å². The summed E-state index contributed by atoms with van der Waals surface area (Å²) < 4.78 is 8.42. The van der Waals surface area contributed by atoms with Crippen molar-refractivity contribution in [1.29, 1.82) is 0 Å². The molecule has 1 aromatic carbocycles. The number of fused-ring (bicyclic) bond motifs is 1. The summed E-state index contributed by atoms with van der Waals surface area (Å²) in [6, 6.07) is 12.2. The van der Waals surface area contributed by atoms with E-state index in [1.807, 2.05) is 28.9 Å². The van der Waals surface area contributed by atoms with Crippen molar-refractivity contribution in [2.75, 3.05) is 7.11 Å². The maximum absolute atomic E-state index is 5.20. The molecule has 3 aromatic rings. The number of hydrogen-bond donors (Lipinski definition) is 0. The van der Waals surface area contributed by atoms with Gasteiger partial charge in [-0.15, -0.1) is 0 Å². The van der Waals surface area contributed by atoms with E-state index < -0.39 is 0 Å². The van der Waals surface area contributed by atoms with Crippen LogP contribution in [0.1, 0.15) is 0 Å². The molecule has 0 amide bonds. The van der Waals surface area contributed by atoms with Crippen molar-refractivity contribution >= 4 is 28.2 Å². The maximum Gasteiger partial charge on any atom is 0.141 e. The van der Waals surface area contributed by atoms with Crippen molar-refractivity contribution in [3.63, 3.8) is 0 Å². The van der Waals surface area contributed by atoms with Crippen LogP contribution in [0.4, 0.5) is 0 Å². The van der Waals surface area contributed by atoms with Crippen LogP contribution >= 0.6 is 22.6 Å². The highest BCUT2D eigenvalue weighted by Gasteiger charge is 2.05. The van der Waals surface area contributed by atoms with Crippen LogP contribution in [-0.4, -0.2) is 16.5 Å². The summed E-state index contributed by atoms with van der Waals surface area (Å²) in [4.78, 5) is 4.60. The van der Waals surface area contributed by atoms with E-state index in [0.717, 1.165) is 22.7 Å². The van der Waals surface area contributed by atoms with Crippen LogP contribution in [0.25, 0.3) is 16.9 Å². The maximum atomic E-state index is 5.20. The lowest BCUT2D eigenvalue weighted by Gasteiger charge is -1.98. The predicted octanol–water partition coefficient (Wildman–Crippen LogP) is 3.61. The Kier molecular flexibility index (Phi) is 2.95.